The van der Waals surface area contributed by atoms with E-state index in [9.17, 15) is 9.18 Å². The molecule has 132 valence electrons. The molecule has 1 amide bonds. The van der Waals surface area contributed by atoms with Gasteiger partial charge in [-0.05, 0) is 61.8 Å². The summed E-state index contributed by atoms with van der Waals surface area (Å²) in [5.41, 5.74) is 0.787. The Morgan fingerprint density at radius 3 is 2.64 bits per heavy atom. The molecule has 1 saturated heterocycles. The maximum atomic E-state index is 12.9. The number of hydrogen-bond acceptors (Lipinski definition) is 3. The molecule has 1 atom stereocenters. The summed E-state index contributed by atoms with van der Waals surface area (Å²) in [6.07, 6.45) is 8.43. The zero-order valence-electron chi connectivity index (χ0n) is 14.2. The predicted octanol–water partition coefficient (Wildman–Crippen LogP) is 3.78. The fourth-order valence-electron chi connectivity index (χ4n) is 3.12. The third-order valence-corrected chi connectivity index (χ3v) is 4.47. The summed E-state index contributed by atoms with van der Waals surface area (Å²) < 4.78 is 18.5. The number of carbonyl (C=O) groups excluding carboxylic acids is 1. The van der Waals surface area contributed by atoms with Gasteiger partial charge in [0.1, 0.15) is 11.6 Å². The van der Waals surface area contributed by atoms with Crippen LogP contribution in [0.1, 0.15) is 36.6 Å². The molecule has 0 spiro atoms. The van der Waals surface area contributed by atoms with Gasteiger partial charge in [-0.3, -0.25) is 9.69 Å². The second kappa shape index (κ2) is 8.62. The van der Waals surface area contributed by atoms with Crippen molar-refractivity contribution in [3.05, 3.63) is 65.9 Å². The summed E-state index contributed by atoms with van der Waals surface area (Å²) >= 11 is 0. The Bertz CT molecular complexity index is 689. The van der Waals surface area contributed by atoms with Crippen LogP contribution in [0.3, 0.4) is 0 Å². The lowest BCUT2D eigenvalue weighted by Gasteiger charge is -2.33. The van der Waals surface area contributed by atoms with E-state index in [2.05, 4.69) is 10.2 Å². The molecule has 0 saturated carbocycles. The molecule has 0 bridgehead atoms. The van der Waals surface area contributed by atoms with E-state index in [1.807, 2.05) is 12.1 Å². The highest BCUT2D eigenvalue weighted by atomic mass is 19.1. The first kappa shape index (κ1) is 17.4. The normalized spacial score (nSPS) is 16.8. The Balaban J connectivity index is 1.58. The van der Waals surface area contributed by atoms with Crippen molar-refractivity contribution < 1.29 is 13.6 Å². The zero-order chi connectivity index (χ0) is 17.5. The highest BCUT2D eigenvalue weighted by Crippen LogP contribution is 2.24. The van der Waals surface area contributed by atoms with Gasteiger partial charge in [0.25, 0.3) is 0 Å². The number of furan rings is 1. The van der Waals surface area contributed by atoms with Crippen LogP contribution in [-0.4, -0.2) is 30.4 Å². The molecule has 1 aliphatic heterocycles. The molecule has 0 aliphatic carbocycles. The fraction of sp³-hybridized carbons (Fsp3) is 0.350. The predicted molar refractivity (Wildman–Crippen MR) is 95.3 cm³/mol. The molecule has 1 fully saturated rings. The van der Waals surface area contributed by atoms with Gasteiger partial charge in [0, 0.05) is 12.6 Å². The number of benzene rings is 1. The van der Waals surface area contributed by atoms with Crippen LogP contribution in [-0.2, 0) is 4.79 Å². The molecule has 2 heterocycles. The topological polar surface area (TPSA) is 45.5 Å². The van der Waals surface area contributed by atoms with Crippen LogP contribution in [0.15, 0.2) is 53.2 Å². The maximum absolute atomic E-state index is 12.9. The van der Waals surface area contributed by atoms with E-state index in [0.29, 0.717) is 6.54 Å². The van der Waals surface area contributed by atoms with E-state index in [0.717, 1.165) is 24.4 Å². The number of piperidine rings is 1. The number of rotatable bonds is 6. The van der Waals surface area contributed by atoms with Crippen molar-refractivity contribution in [1.29, 1.82) is 0 Å². The first-order valence-corrected chi connectivity index (χ1v) is 8.71. The first-order chi connectivity index (χ1) is 12.2. The smallest absolute Gasteiger partial charge is 0.244 e. The van der Waals surface area contributed by atoms with Gasteiger partial charge >= 0.3 is 0 Å². The van der Waals surface area contributed by atoms with Crippen molar-refractivity contribution in [3.63, 3.8) is 0 Å². The van der Waals surface area contributed by atoms with Gasteiger partial charge < -0.3 is 9.73 Å². The fourth-order valence-corrected chi connectivity index (χ4v) is 3.12. The van der Waals surface area contributed by atoms with Gasteiger partial charge in [0.15, 0.2) is 0 Å². The largest absolute Gasteiger partial charge is 0.468 e. The molecule has 1 aromatic carbocycles. The Morgan fingerprint density at radius 2 is 1.96 bits per heavy atom. The molecule has 2 aromatic rings. The molecule has 5 heteroatoms. The number of nitrogens with one attached hydrogen (secondary N) is 1. The number of carbonyl (C=O) groups is 1. The average Bonchev–Trinajstić information content (AvgIpc) is 3.17. The molecule has 25 heavy (non-hydrogen) atoms. The van der Waals surface area contributed by atoms with Crippen molar-refractivity contribution in [2.75, 3.05) is 19.6 Å². The molecule has 0 radical (unpaired) electrons. The minimum Gasteiger partial charge on any atom is -0.468 e. The molecule has 3 rings (SSSR count). The summed E-state index contributed by atoms with van der Waals surface area (Å²) in [4.78, 5) is 14.5. The van der Waals surface area contributed by atoms with Crippen LogP contribution in [0.2, 0.25) is 0 Å². The standard InChI is InChI=1S/C20H23FN2O2/c21-17-9-6-16(7-10-17)8-11-20(24)22-15-18(19-5-4-14-25-19)23-12-2-1-3-13-23/h4-11,14,18H,1-3,12-13,15H2,(H,22,24)/b11-8+/t18-/m0/s1. The van der Waals surface area contributed by atoms with Crippen LogP contribution < -0.4 is 5.32 Å². The second-order valence-corrected chi connectivity index (χ2v) is 6.26. The van der Waals surface area contributed by atoms with Gasteiger partial charge in [-0.15, -0.1) is 0 Å². The number of halogens is 1. The number of likely N-dealkylation sites (tertiary alicyclic amines) is 1. The van der Waals surface area contributed by atoms with Crippen molar-refractivity contribution >= 4 is 12.0 Å². The third kappa shape index (κ3) is 5.03. The monoisotopic (exact) mass is 342 g/mol. The molecule has 4 nitrogen and oxygen atoms in total. The maximum Gasteiger partial charge on any atom is 0.244 e. The van der Waals surface area contributed by atoms with E-state index < -0.39 is 0 Å². The lowest BCUT2D eigenvalue weighted by atomic mass is 10.1. The minimum atomic E-state index is -0.288. The minimum absolute atomic E-state index is 0.0541. The number of amides is 1. The van der Waals surface area contributed by atoms with Gasteiger partial charge in [-0.1, -0.05) is 18.6 Å². The van der Waals surface area contributed by atoms with Gasteiger partial charge in [0.2, 0.25) is 5.91 Å². The lowest BCUT2D eigenvalue weighted by Crippen LogP contribution is -2.40. The van der Waals surface area contributed by atoms with Crippen LogP contribution in [0, 0.1) is 5.82 Å². The van der Waals surface area contributed by atoms with Gasteiger partial charge in [0.05, 0.1) is 12.3 Å². The third-order valence-electron chi connectivity index (χ3n) is 4.47. The molecule has 1 N–H and O–H groups in total. The SMILES string of the molecule is O=C(/C=C/c1ccc(F)cc1)NC[C@@H](c1ccco1)N1CCCCC1. The van der Waals surface area contributed by atoms with E-state index in [1.54, 1.807) is 24.5 Å². The van der Waals surface area contributed by atoms with Gasteiger partial charge in [-0.25, -0.2) is 4.39 Å². The van der Waals surface area contributed by atoms with Gasteiger partial charge in [-0.2, -0.15) is 0 Å². The van der Waals surface area contributed by atoms with Crippen LogP contribution in [0.25, 0.3) is 6.08 Å². The van der Waals surface area contributed by atoms with Crippen molar-refractivity contribution in [2.45, 2.75) is 25.3 Å². The van der Waals surface area contributed by atoms with E-state index >= 15 is 0 Å². The summed E-state index contributed by atoms with van der Waals surface area (Å²) in [5, 5.41) is 2.95. The Kier molecular flexibility index (Phi) is 6.01. The summed E-state index contributed by atoms with van der Waals surface area (Å²) in [6, 6.07) is 9.92. The highest BCUT2D eigenvalue weighted by Gasteiger charge is 2.24. The summed E-state index contributed by atoms with van der Waals surface area (Å²) in [7, 11) is 0. The molecule has 0 unspecified atom stereocenters. The lowest BCUT2D eigenvalue weighted by molar-refractivity contribution is -0.116. The van der Waals surface area contributed by atoms with Crippen LogP contribution in [0.4, 0.5) is 4.39 Å². The second-order valence-electron chi connectivity index (χ2n) is 6.26. The van der Waals surface area contributed by atoms with E-state index in [4.69, 9.17) is 4.42 Å². The molecular formula is C20H23FN2O2. The number of hydrogen-bond donors (Lipinski definition) is 1. The Labute approximate surface area is 147 Å². The summed E-state index contributed by atoms with van der Waals surface area (Å²) in [5.74, 6) is 0.423. The summed E-state index contributed by atoms with van der Waals surface area (Å²) in [6.45, 7) is 2.54. The quantitative estimate of drug-likeness (QED) is 0.813. The number of nitrogens with zero attached hydrogens (tertiary/aromatic N) is 1. The van der Waals surface area contributed by atoms with E-state index in [-0.39, 0.29) is 17.8 Å². The average molecular weight is 342 g/mol. The van der Waals surface area contributed by atoms with Crippen molar-refractivity contribution in [3.8, 4) is 0 Å². The zero-order valence-corrected chi connectivity index (χ0v) is 14.2. The van der Waals surface area contributed by atoms with Crippen molar-refractivity contribution in [2.24, 2.45) is 0 Å². The van der Waals surface area contributed by atoms with Crippen LogP contribution >= 0.6 is 0 Å². The molecular weight excluding hydrogens is 319 g/mol. The van der Waals surface area contributed by atoms with Crippen LogP contribution in [0.5, 0.6) is 0 Å². The Hall–Kier alpha value is -2.40. The highest BCUT2D eigenvalue weighted by molar-refractivity contribution is 5.91. The molecule has 1 aromatic heterocycles. The first-order valence-electron chi connectivity index (χ1n) is 8.71. The Morgan fingerprint density at radius 1 is 1.20 bits per heavy atom. The van der Waals surface area contributed by atoms with Crippen molar-refractivity contribution in [1.82, 2.24) is 10.2 Å². The molecule has 1 aliphatic rings. The van der Waals surface area contributed by atoms with E-state index in [1.165, 1.54) is 37.5 Å².